The number of rotatable bonds is 6. The Kier molecular flexibility index (Phi) is 8.01. The summed E-state index contributed by atoms with van der Waals surface area (Å²) in [5, 5.41) is 6.72. The predicted molar refractivity (Wildman–Crippen MR) is 93.3 cm³/mol. The van der Waals surface area contributed by atoms with Crippen molar-refractivity contribution >= 4 is 35.6 Å². The van der Waals surface area contributed by atoms with Crippen molar-refractivity contribution in [1.29, 1.82) is 0 Å². The summed E-state index contributed by atoms with van der Waals surface area (Å²) in [6.07, 6.45) is 2.72. The lowest BCUT2D eigenvalue weighted by molar-refractivity contribution is -0.116. The first-order valence-corrected chi connectivity index (χ1v) is 7.89. The zero-order valence-corrected chi connectivity index (χ0v) is 14.6. The van der Waals surface area contributed by atoms with Crippen LogP contribution in [0.3, 0.4) is 0 Å². The van der Waals surface area contributed by atoms with Gasteiger partial charge in [-0.25, -0.2) is 0 Å². The summed E-state index contributed by atoms with van der Waals surface area (Å²) in [7, 11) is 0. The van der Waals surface area contributed by atoms with Gasteiger partial charge in [-0.15, -0.1) is 12.4 Å². The van der Waals surface area contributed by atoms with Crippen LogP contribution in [0.25, 0.3) is 0 Å². The molecule has 1 aromatic rings. The first-order valence-electron chi connectivity index (χ1n) is 7.51. The molecular weight excluding hydrogens is 323 g/mol. The Labute approximate surface area is 143 Å². The summed E-state index contributed by atoms with van der Waals surface area (Å²) in [5.41, 5.74) is 0.714. The number of ether oxygens (including phenoxy) is 1. The SMILES string of the molecule is CC(C)Oc1ccc(NC(=O)CCC2CCNC2)cc1Cl.Cl. The van der Waals surface area contributed by atoms with Crippen LogP contribution in [0.4, 0.5) is 5.69 Å². The van der Waals surface area contributed by atoms with E-state index >= 15 is 0 Å². The molecule has 1 aliphatic heterocycles. The second-order valence-electron chi connectivity index (χ2n) is 5.76. The van der Waals surface area contributed by atoms with Crippen LogP contribution in [0.1, 0.15) is 33.1 Å². The van der Waals surface area contributed by atoms with Crippen LogP contribution in [0.2, 0.25) is 5.02 Å². The molecule has 124 valence electrons. The fourth-order valence-corrected chi connectivity index (χ4v) is 2.67. The molecule has 2 N–H and O–H groups in total. The molecule has 0 aromatic heterocycles. The molecule has 1 saturated heterocycles. The molecule has 0 bridgehead atoms. The average molecular weight is 347 g/mol. The molecule has 2 rings (SSSR count). The van der Waals surface area contributed by atoms with Crippen LogP contribution in [-0.2, 0) is 4.79 Å². The van der Waals surface area contributed by atoms with Gasteiger partial charge in [-0.05, 0) is 63.9 Å². The van der Waals surface area contributed by atoms with Crippen molar-refractivity contribution in [2.24, 2.45) is 5.92 Å². The number of anilines is 1. The third-order valence-electron chi connectivity index (χ3n) is 3.52. The maximum absolute atomic E-state index is 11.9. The summed E-state index contributed by atoms with van der Waals surface area (Å²) in [6, 6.07) is 5.34. The molecule has 4 nitrogen and oxygen atoms in total. The van der Waals surface area contributed by atoms with E-state index in [-0.39, 0.29) is 24.4 Å². The molecule has 1 aliphatic rings. The molecule has 0 saturated carbocycles. The Morgan fingerprint density at radius 3 is 2.86 bits per heavy atom. The largest absolute Gasteiger partial charge is 0.489 e. The highest BCUT2D eigenvalue weighted by Gasteiger charge is 2.16. The second-order valence-corrected chi connectivity index (χ2v) is 6.16. The Balaban J connectivity index is 0.00000242. The molecule has 0 aliphatic carbocycles. The second kappa shape index (κ2) is 9.23. The number of hydrogen-bond donors (Lipinski definition) is 2. The molecule has 1 amide bonds. The van der Waals surface area contributed by atoms with Gasteiger partial charge in [-0.2, -0.15) is 0 Å². The number of carbonyl (C=O) groups is 1. The normalized spacial score (nSPS) is 17.2. The molecule has 1 fully saturated rings. The first-order chi connectivity index (χ1) is 10.0. The minimum Gasteiger partial charge on any atom is -0.489 e. The molecule has 1 atom stereocenters. The molecule has 0 radical (unpaired) electrons. The van der Waals surface area contributed by atoms with E-state index in [1.54, 1.807) is 12.1 Å². The number of halogens is 2. The lowest BCUT2D eigenvalue weighted by Crippen LogP contribution is -2.15. The van der Waals surface area contributed by atoms with E-state index in [0.29, 0.717) is 28.8 Å². The molecule has 1 heterocycles. The van der Waals surface area contributed by atoms with Gasteiger partial charge in [0.1, 0.15) is 5.75 Å². The fourth-order valence-electron chi connectivity index (χ4n) is 2.45. The Morgan fingerprint density at radius 1 is 1.50 bits per heavy atom. The van der Waals surface area contributed by atoms with E-state index < -0.39 is 0 Å². The van der Waals surface area contributed by atoms with E-state index in [1.165, 1.54) is 6.42 Å². The van der Waals surface area contributed by atoms with Gasteiger partial charge in [-0.3, -0.25) is 4.79 Å². The van der Waals surface area contributed by atoms with E-state index in [4.69, 9.17) is 16.3 Å². The number of carbonyl (C=O) groups excluding carboxylic acids is 1. The van der Waals surface area contributed by atoms with Gasteiger partial charge in [0, 0.05) is 12.1 Å². The fraction of sp³-hybridized carbons (Fsp3) is 0.562. The number of hydrogen-bond acceptors (Lipinski definition) is 3. The average Bonchev–Trinajstić information content (AvgIpc) is 2.92. The van der Waals surface area contributed by atoms with Crippen molar-refractivity contribution in [2.75, 3.05) is 18.4 Å². The first kappa shape index (κ1) is 19.1. The van der Waals surface area contributed by atoms with Crippen molar-refractivity contribution in [3.8, 4) is 5.75 Å². The lowest BCUT2D eigenvalue weighted by atomic mass is 10.0. The van der Waals surface area contributed by atoms with Crippen LogP contribution < -0.4 is 15.4 Å². The van der Waals surface area contributed by atoms with Gasteiger partial charge < -0.3 is 15.4 Å². The van der Waals surface area contributed by atoms with E-state index in [1.807, 2.05) is 19.9 Å². The zero-order chi connectivity index (χ0) is 15.2. The minimum atomic E-state index is 0. The maximum atomic E-state index is 11.9. The van der Waals surface area contributed by atoms with Crippen LogP contribution >= 0.6 is 24.0 Å². The predicted octanol–water partition coefficient (Wildman–Crippen LogP) is 3.88. The van der Waals surface area contributed by atoms with Gasteiger partial charge >= 0.3 is 0 Å². The summed E-state index contributed by atoms with van der Waals surface area (Å²) in [5.74, 6) is 1.30. The van der Waals surface area contributed by atoms with Gasteiger partial charge in [0.05, 0.1) is 11.1 Å². The van der Waals surface area contributed by atoms with Crippen LogP contribution in [0, 0.1) is 5.92 Å². The van der Waals surface area contributed by atoms with Crippen molar-refractivity contribution in [3.63, 3.8) is 0 Å². The summed E-state index contributed by atoms with van der Waals surface area (Å²) in [6.45, 7) is 5.99. The van der Waals surface area contributed by atoms with E-state index in [2.05, 4.69) is 10.6 Å². The van der Waals surface area contributed by atoms with Crippen molar-refractivity contribution in [3.05, 3.63) is 23.2 Å². The quantitative estimate of drug-likeness (QED) is 0.821. The standard InChI is InChI=1S/C16H23ClN2O2.ClH/c1-11(2)21-15-5-4-13(9-14(15)17)19-16(20)6-3-12-7-8-18-10-12;/h4-5,9,11-12,18H,3,6-8,10H2,1-2H3,(H,19,20);1H. The number of benzene rings is 1. The maximum Gasteiger partial charge on any atom is 0.224 e. The van der Waals surface area contributed by atoms with Crippen LogP contribution in [-0.4, -0.2) is 25.1 Å². The topological polar surface area (TPSA) is 50.4 Å². The molecule has 1 unspecified atom stereocenters. The molecule has 22 heavy (non-hydrogen) atoms. The molecule has 6 heteroatoms. The summed E-state index contributed by atoms with van der Waals surface area (Å²) < 4.78 is 5.57. The summed E-state index contributed by atoms with van der Waals surface area (Å²) in [4.78, 5) is 11.9. The van der Waals surface area contributed by atoms with Gasteiger partial charge in [0.15, 0.2) is 0 Å². The summed E-state index contributed by atoms with van der Waals surface area (Å²) >= 11 is 6.15. The third-order valence-corrected chi connectivity index (χ3v) is 3.82. The van der Waals surface area contributed by atoms with Crippen molar-refractivity contribution in [1.82, 2.24) is 5.32 Å². The molecule has 0 spiro atoms. The molecule has 1 aromatic carbocycles. The highest BCUT2D eigenvalue weighted by Crippen LogP contribution is 2.28. The smallest absolute Gasteiger partial charge is 0.224 e. The van der Waals surface area contributed by atoms with E-state index in [9.17, 15) is 4.79 Å². The van der Waals surface area contributed by atoms with Crippen LogP contribution in [0.5, 0.6) is 5.75 Å². The Morgan fingerprint density at radius 2 is 2.27 bits per heavy atom. The highest BCUT2D eigenvalue weighted by atomic mass is 35.5. The van der Waals surface area contributed by atoms with Crippen molar-refractivity contribution in [2.45, 2.75) is 39.2 Å². The minimum absolute atomic E-state index is 0. The Bertz CT molecular complexity index is 489. The van der Waals surface area contributed by atoms with Gasteiger partial charge in [0.25, 0.3) is 0 Å². The zero-order valence-electron chi connectivity index (χ0n) is 13.0. The number of amides is 1. The monoisotopic (exact) mass is 346 g/mol. The third kappa shape index (κ3) is 6.03. The van der Waals surface area contributed by atoms with Crippen molar-refractivity contribution < 1.29 is 9.53 Å². The van der Waals surface area contributed by atoms with E-state index in [0.717, 1.165) is 19.5 Å². The molecular formula is C16H24Cl2N2O2. The number of nitrogens with one attached hydrogen (secondary N) is 2. The van der Waals surface area contributed by atoms with Gasteiger partial charge in [-0.1, -0.05) is 11.6 Å². The Hall–Kier alpha value is -0.970. The van der Waals surface area contributed by atoms with Crippen LogP contribution in [0.15, 0.2) is 18.2 Å². The highest BCUT2D eigenvalue weighted by molar-refractivity contribution is 6.32. The van der Waals surface area contributed by atoms with Gasteiger partial charge in [0.2, 0.25) is 5.91 Å². The lowest BCUT2D eigenvalue weighted by Gasteiger charge is -2.13.